The van der Waals surface area contributed by atoms with Crippen LogP contribution in [0.3, 0.4) is 0 Å². The molecule has 0 unspecified atom stereocenters. The molecule has 1 N–H and O–H groups in total. The zero-order valence-electron chi connectivity index (χ0n) is 13.7. The van der Waals surface area contributed by atoms with E-state index < -0.39 is 5.82 Å². The SMILES string of the molecule is CCc1nn(C)c(OC)c1CNc1ccc2c(Cl)ccnc2c1F. The van der Waals surface area contributed by atoms with Gasteiger partial charge in [-0.15, -0.1) is 0 Å². The highest BCUT2D eigenvalue weighted by molar-refractivity contribution is 6.35. The molecule has 0 aliphatic heterocycles. The van der Waals surface area contributed by atoms with Crippen LogP contribution < -0.4 is 10.1 Å². The van der Waals surface area contributed by atoms with Crippen LogP contribution in [0.15, 0.2) is 24.4 Å². The molecule has 2 heterocycles. The quantitative estimate of drug-likeness (QED) is 0.758. The van der Waals surface area contributed by atoms with Crippen LogP contribution in [0.25, 0.3) is 10.9 Å². The first-order valence-corrected chi connectivity index (χ1v) is 7.99. The summed E-state index contributed by atoms with van der Waals surface area (Å²) < 4.78 is 21.8. The second-order valence-electron chi connectivity index (χ2n) is 5.38. The van der Waals surface area contributed by atoms with Crippen molar-refractivity contribution < 1.29 is 9.13 Å². The summed E-state index contributed by atoms with van der Waals surface area (Å²) in [6, 6.07) is 5.07. The molecule has 0 bridgehead atoms. The molecule has 0 saturated carbocycles. The number of aromatic nitrogens is 3. The monoisotopic (exact) mass is 348 g/mol. The molecule has 0 radical (unpaired) electrons. The Hall–Kier alpha value is -2.34. The fraction of sp³-hybridized carbons (Fsp3) is 0.294. The molecule has 1 aromatic carbocycles. The van der Waals surface area contributed by atoms with Gasteiger partial charge in [0.25, 0.3) is 0 Å². The number of hydrogen-bond donors (Lipinski definition) is 1. The minimum atomic E-state index is -0.420. The minimum absolute atomic E-state index is 0.251. The van der Waals surface area contributed by atoms with E-state index in [-0.39, 0.29) is 5.52 Å². The van der Waals surface area contributed by atoms with Gasteiger partial charge in [0.15, 0.2) is 5.82 Å². The Kier molecular flexibility index (Phi) is 4.57. The maximum absolute atomic E-state index is 14.7. The predicted molar refractivity (Wildman–Crippen MR) is 93.2 cm³/mol. The summed E-state index contributed by atoms with van der Waals surface area (Å²) in [4.78, 5) is 4.09. The van der Waals surface area contributed by atoms with Crippen LogP contribution >= 0.6 is 11.6 Å². The molecule has 3 rings (SSSR count). The molecular weight excluding hydrogens is 331 g/mol. The average molecular weight is 349 g/mol. The predicted octanol–water partition coefficient (Wildman–Crippen LogP) is 3.94. The number of ether oxygens (including phenoxy) is 1. The standard InChI is InChI=1S/C17H18ClFN4O/c1-4-13-11(17(24-3)23(2)22-13)9-21-14-6-5-10-12(18)7-8-20-16(10)15(14)19/h5-8,21H,4,9H2,1-3H3. The van der Waals surface area contributed by atoms with Gasteiger partial charge in [-0.2, -0.15) is 5.10 Å². The Balaban J connectivity index is 1.93. The molecule has 0 fully saturated rings. The highest BCUT2D eigenvalue weighted by Gasteiger charge is 2.17. The smallest absolute Gasteiger partial charge is 0.216 e. The van der Waals surface area contributed by atoms with E-state index >= 15 is 0 Å². The highest BCUT2D eigenvalue weighted by atomic mass is 35.5. The number of nitrogens with zero attached hydrogens (tertiary/aromatic N) is 3. The first-order valence-electron chi connectivity index (χ1n) is 7.62. The molecule has 0 saturated heterocycles. The van der Waals surface area contributed by atoms with Gasteiger partial charge < -0.3 is 10.1 Å². The summed E-state index contributed by atoms with van der Waals surface area (Å²) in [7, 11) is 3.42. The van der Waals surface area contributed by atoms with Gasteiger partial charge in [-0.25, -0.2) is 9.07 Å². The van der Waals surface area contributed by atoms with Crippen molar-refractivity contribution in [2.75, 3.05) is 12.4 Å². The average Bonchev–Trinajstić information content (AvgIpc) is 2.89. The van der Waals surface area contributed by atoms with Crippen LogP contribution in [0.2, 0.25) is 5.02 Å². The third-order valence-electron chi connectivity index (χ3n) is 3.95. The fourth-order valence-electron chi connectivity index (χ4n) is 2.79. The van der Waals surface area contributed by atoms with Gasteiger partial charge >= 0.3 is 0 Å². The van der Waals surface area contributed by atoms with Gasteiger partial charge in [-0.1, -0.05) is 18.5 Å². The fourth-order valence-corrected chi connectivity index (χ4v) is 3.00. The molecule has 7 heteroatoms. The van der Waals surface area contributed by atoms with Crippen LogP contribution in [-0.2, 0) is 20.0 Å². The van der Waals surface area contributed by atoms with Crippen molar-refractivity contribution in [2.24, 2.45) is 7.05 Å². The molecule has 5 nitrogen and oxygen atoms in total. The summed E-state index contributed by atoms with van der Waals surface area (Å²) in [5.41, 5.74) is 2.46. The second kappa shape index (κ2) is 6.65. The van der Waals surface area contributed by atoms with E-state index in [9.17, 15) is 4.39 Å². The van der Waals surface area contributed by atoms with Gasteiger partial charge in [0, 0.05) is 25.2 Å². The highest BCUT2D eigenvalue weighted by Crippen LogP contribution is 2.29. The molecule has 0 aliphatic carbocycles. The van der Waals surface area contributed by atoms with E-state index in [2.05, 4.69) is 15.4 Å². The maximum atomic E-state index is 14.7. The lowest BCUT2D eigenvalue weighted by Gasteiger charge is -2.11. The van der Waals surface area contributed by atoms with E-state index in [1.54, 1.807) is 30.0 Å². The largest absolute Gasteiger partial charge is 0.481 e. The molecular formula is C17H18ClFN4O. The zero-order valence-corrected chi connectivity index (χ0v) is 14.5. The van der Waals surface area contributed by atoms with Gasteiger partial charge in [0.2, 0.25) is 5.88 Å². The van der Waals surface area contributed by atoms with Crippen molar-refractivity contribution in [1.82, 2.24) is 14.8 Å². The van der Waals surface area contributed by atoms with Crippen LogP contribution in [0.5, 0.6) is 5.88 Å². The summed E-state index contributed by atoms with van der Waals surface area (Å²) in [5.74, 6) is 0.248. The zero-order chi connectivity index (χ0) is 17.3. The molecule has 0 amide bonds. The number of aryl methyl sites for hydroxylation is 2. The number of rotatable bonds is 5. The number of halogens is 2. The van der Waals surface area contributed by atoms with Crippen molar-refractivity contribution in [2.45, 2.75) is 19.9 Å². The van der Waals surface area contributed by atoms with Crippen LogP contribution in [-0.4, -0.2) is 21.9 Å². The van der Waals surface area contributed by atoms with E-state index in [1.165, 1.54) is 6.20 Å². The van der Waals surface area contributed by atoms with Crippen molar-refractivity contribution in [3.05, 3.63) is 46.5 Å². The Morgan fingerprint density at radius 3 is 2.83 bits per heavy atom. The Bertz CT molecular complexity index is 894. The number of benzene rings is 1. The summed E-state index contributed by atoms with van der Waals surface area (Å²) in [5, 5.41) is 8.61. The Morgan fingerprint density at radius 1 is 1.33 bits per heavy atom. The van der Waals surface area contributed by atoms with Gasteiger partial charge in [-0.3, -0.25) is 4.98 Å². The number of fused-ring (bicyclic) bond motifs is 1. The molecule has 24 heavy (non-hydrogen) atoms. The summed E-state index contributed by atoms with van der Waals surface area (Å²) in [6.45, 7) is 2.43. The van der Waals surface area contributed by atoms with Gasteiger partial charge in [0.05, 0.1) is 29.1 Å². The molecule has 2 aromatic heterocycles. The van der Waals surface area contributed by atoms with E-state index in [0.717, 1.165) is 17.7 Å². The third kappa shape index (κ3) is 2.78. The number of methoxy groups -OCH3 is 1. The van der Waals surface area contributed by atoms with Gasteiger partial charge in [-0.05, 0) is 24.6 Å². The van der Waals surface area contributed by atoms with Crippen LogP contribution in [0.1, 0.15) is 18.2 Å². The number of nitrogens with one attached hydrogen (secondary N) is 1. The lowest BCUT2D eigenvalue weighted by atomic mass is 10.1. The Morgan fingerprint density at radius 2 is 2.12 bits per heavy atom. The third-order valence-corrected chi connectivity index (χ3v) is 4.28. The van der Waals surface area contributed by atoms with Crippen molar-refractivity contribution >= 4 is 28.2 Å². The minimum Gasteiger partial charge on any atom is -0.481 e. The summed E-state index contributed by atoms with van der Waals surface area (Å²) >= 11 is 6.08. The number of hydrogen-bond acceptors (Lipinski definition) is 4. The summed E-state index contributed by atoms with van der Waals surface area (Å²) in [6.07, 6.45) is 2.27. The lowest BCUT2D eigenvalue weighted by Crippen LogP contribution is -2.05. The normalized spacial score (nSPS) is 11.0. The molecule has 3 aromatic rings. The van der Waals surface area contributed by atoms with Crippen molar-refractivity contribution in [1.29, 1.82) is 0 Å². The van der Waals surface area contributed by atoms with Crippen molar-refractivity contribution in [3.63, 3.8) is 0 Å². The molecule has 0 aliphatic rings. The van der Waals surface area contributed by atoms with Crippen molar-refractivity contribution in [3.8, 4) is 5.88 Å². The van der Waals surface area contributed by atoms with Crippen LogP contribution in [0, 0.1) is 5.82 Å². The first kappa shape index (κ1) is 16.5. The molecule has 0 spiro atoms. The Labute approximate surface area is 144 Å². The lowest BCUT2D eigenvalue weighted by molar-refractivity contribution is 0.369. The molecule has 0 atom stereocenters. The second-order valence-corrected chi connectivity index (χ2v) is 5.79. The van der Waals surface area contributed by atoms with Gasteiger partial charge in [0.1, 0.15) is 5.52 Å². The number of anilines is 1. The van der Waals surface area contributed by atoms with E-state index in [0.29, 0.717) is 28.5 Å². The topological polar surface area (TPSA) is 52.0 Å². The van der Waals surface area contributed by atoms with Crippen LogP contribution in [0.4, 0.5) is 10.1 Å². The molecule has 126 valence electrons. The van der Waals surface area contributed by atoms with E-state index in [4.69, 9.17) is 16.3 Å². The van der Waals surface area contributed by atoms with E-state index in [1.807, 2.05) is 14.0 Å². The number of pyridine rings is 1. The maximum Gasteiger partial charge on any atom is 0.216 e. The first-order chi connectivity index (χ1) is 11.6.